The maximum Gasteiger partial charge on any atom is 0.254 e. The number of benzene rings is 1. The van der Waals surface area contributed by atoms with Crippen LogP contribution >= 0.6 is 0 Å². The zero-order valence-electron chi connectivity index (χ0n) is 16.5. The molecule has 0 bridgehead atoms. The van der Waals surface area contributed by atoms with Crippen LogP contribution in [0.2, 0.25) is 0 Å². The van der Waals surface area contributed by atoms with Crippen molar-refractivity contribution in [3.05, 3.63) is 52.8 Å². The van der Waals surface area contributed by atoms with Gasteiger partial charge in [-0.25, -0.2) is 0 Å². The number of hydrogen-bond acceptors (Lipinski definition) is 5. The van der Waals surface area contributed by atoms with Gasteiger partial charge in [-0.15, -0.1) is 0 Å². The first-order valence-electron chi connectivity index (χ1n) is 9.96. The first-order chi connectivity index (χ1) is 14.0. The number of likely N-dealkylation sites (tertiary alicyclic amines) is 1. The molecule has 0 aliphatic carbocycles. The molecule has 2 aromatic rings. The molecule has 0 unspecified atom stereocenters. The molecule has 2 amide bonds. The zero-order valence-corrected chi connectivity index (χ0v) is 16.5. The molecule has 8 nitrogen and oxygen atoms in total. The van der Waals surface area contributed by atoms with Gasteiger partial charge in [-0.3, -0.25) is 14.7 Å². The predicted octanol–water partition coefficient (Wildman–Crippen LogP) is 0.866. The van der Waals surface area contributed by atoms with E-state index in [4.69, 9.17) is 4.74 Å². The van der Waals surface area contributed by atoms with Gasteiger partial charge < -0.3 is 19.6 Å². The number of amides is 2. The summed E-state index contributed by atoms with van der Waals surface area (Å²) in [4.78, 5) is 28.8. The Kier molecular flexibility index (Phi) is 5.64. The Hall–Kier alpha value is -2.71. The Morgan fingerprint density at radius 1 is 1.10 bits per heavy atom. The van der Waals surface area contributed by atoms with Crippen molar-refractivity contribution >= 4 is 11.8 Å². The number of aliphatic hydroxyl groups is 1. The third-order valence-electron chi connectivity index (χ3n) is 5.60. The molecular formula is C21H26N4O4. The third kappa shape index (κ3) is 4.33. The van der Waals surface area contributed by atoms with E-state index in [9.17, 15) is 14.7 Å². The van der Waals surface area contributed by atoms with Crippen molar-refractivity contribution < 1.29 is 19.4 Å². The van der Waals surface area contributed by atoms with Gasteiger partial charge in [0.05, 0.1) is 25.0 Å². The summed E-state index contributed by atoms with van der Waals surface area (Å²) in [6, 6.07) is 8.73. The summed E-state index contributed by atoms with van der Waals surface area (Å²) in [5, 5.41) is 17.5. The number of H-pyrrole nitrogens is 1. The molecule has 2 aliphatic rings. The number of aliphatic hydroxyl groups excluding tert-OH is 1. The first-order valence-corrected chi connectivity index (χ1v) is 9.96. The summed E-state index contributed by atoms with van der Waals surface area (Å²) in [6.45, 7) is 5.01. The molecule has 2 fully saturated rings. The Bertz CT molecular complexity index is 873. The van der Waals surface area contributed by atoms with Crippen LogP contribution in [0.15, 0.2) is 30.3 Å². The van der Waals surface area contributed by atoms with Crippen molar-refractivity contribution in [1.29, 1.82) is 0 Å². The van der Waals surface area contributed by atoms with Crippen LogP contribution in [-0.2, 0) is 11.2 Å². The van der Waals surface area contributed by atoms with E-state index in [1.165, 1.54) is 0 Å². The van der Waals surface area contributed by atoms with Crippen molar-refractivity contribution in [3.8, 4) is 0 Å². The lowest BCUT2D eigenvalue weighted by atomic mass is 10.00. The minimum Gasteiger partial charge on any atom is -0.391 e. The third-order valence-corrected chi connectivity index (χ3v) is 5.60. The molecule has 0 radical (unpaired) electrons. The molecule has 2 atom stereocenters. The fraction of sp³-hybridized carbons (Fsp3) is 0.476. The smallest absolute Gasteiger partial charge is 0.254 e. The highest BCUT2D eigenvalue weighted by atomic mass is 16.5. The van der Waals surface area contributed by atoms with Gasteiger partial charge in [-0.2, -0.15) is 5.10 Å². The van der Waals surface area contributed by atoms with Crippen LogP contribution in [0.4, 0.5) is 0 Å². The molecule has 2 aliphatic heterocycles. The van der Waals surface area contributed by atoms with Crippen molar-refractivity contribution in [2.45, 2.75) is 19.4 Å². The number of carbonyl (C=O) groups excluding carboxylic acids is 2. The minimum atomic E-state index is -0.571. The van der Waals surface area contributed by atoms with Crippen LogP contribution in [0.1, 0.15) is 32.1 Å². The number of carbonyl (C=O) groups is 2. The molecular weight excluding hydrogens is 372 g/mol. The second-order valence-electron chi connectivity index (χ2n) is 7.77. The average Bonchev–Trinajstić information content (AvgIpc) is 3.33. The molecule has 4 rings (SSSR count). The Morgan fingerprint density at radius 3 is 2.31 bits per heavy atom. The first kappa shape index (κ1) is 19.6. The average molecular weight is 398 g/mol. The number of nitrogens with zero attached hydrogens (tertiary/aromatic N) is 3. The topological polar surface area (TPSA) is 98.8 Å². The maximum absolute atomic E-state index is 12.9. The van der Waals surface area contributed by atoms with Crippen LogP contribution in [0.25, 0.3) is 0 Å². The number of morpholine rings is 1. The van der Waals surface area contributed by atoms with E-state index in [1.54, 1.807) is 34.1 Å². The van der Waals surface area contributed by atoms with E-state index in [0.29, 0.717) is 56.9 Å². The van der Waals surface area contributed by atoms with E-state index < -0.39 is 6.10 Å². The van der Waals surface area contributed by atoms with Gasteiger partial charge >= 0.3 is 0 Å². The van der Waals surface area contributed by atoms with Gasteiger partial charge in [0, 0.05) is 48.9 Å². The normalized spacial score (nSPS) is 22.1. The molecule has 3 heterocycles. The van der Waals surface area contributed by atoms with Crippen LogP contribution in [0, 0.1) is 12.8 Å². The Morgan fingerprint density at radius 2 is 1.72 bits per heavy atom. The minimum absolute atomic E-state index is 0.0381. The lowest BCUT2D eigenvalue weighted by molar-refractivity contribution is 0.0303. The molecule has 8 heteroatoms. The molecule has 154 valence electrons. The Balaban J connectivity index is 1.38. The molecule has 2 saturated heterocycles. The maximum atomic E-state index is 12.9. The summed E-state index contributed by atoms with van der Waals surface area (Å²) in [7, 11) is 0. The van der Waals surface area contributed by atoms with Crippen molar-refractivity contribution in [1.82, 2.24) is 20.0 Å². The highest BCUT2D eigenvalue weighted by Crippen LogP contribution is 2.23. The molecule has 29 heavy (non-hydrogen) atoms. The van der Waals surface area contributed by atoms with Gasteiger partial charge in [-0.1, -0.05) is 0 Å². The molecule has 2 N–H and O–H groups in total. The fourth-order valence-corrected chi connectivity index (χ4v) is 3.96. The van der Waals surface area contributed by atoms with Gasteiger partial charge in [-0.05, 0) is 43.7 Å². The number of ether oxygens (including phenoxy) is 1. The van der Waals surface area contributed by atoms with Gasteiger partial charge in [0.2, 0.25) is 0 Å². The monoisotopic (exact) mass is 398 g/mol. The summed E-state index contributed by atoms with van der Waals surface area (Å²) >= 11 is 0. The number of β-amino-alcohol motifs (C(OH)–C–C–N with tert-alkyl or cyclic N) is 1. The van der Waals surface area contributed by atoms with Gasteiger partial charge in [0.25, 0.3) is 11.8 Å². The van der Waals surface area contributed by atoms with E-state index in [2.05, 4.69) is 10.2 Å². The van der Waals surface area contributed by atoms with E-state index in [0.717, 1.165) is 11.4 Å². The summed E-state index contributed by atoms with van der Waals surface area (Å²) < 4.78 is 5.28. The second kappa shape index (κ2) is 8.34. The number of aryl methyl sites for hydroxylation is 1. The number of aromatic amines is 1. The van der Waals surface area contributed by atoms with Gasteiger partial charge in [0.15, 0.2) is 0 Å². The second-order valence-corrected chi connectivity index (χ2v) is 7.77. The predicted molar refractivity (Wildman–Crippen MR) is 106 cm³/mol. The number of aromatic nitrogens is 2. The van der Waals surface area contributed by atoms with Crippen LogP contribution in [0.3, 0.4) is 0 Å². The lowest BCUT2D eigenvalue weighted by Gasteiger charge is -2.27. The van der Waals surface area contributed by atoms with Crippen LogP contribution < -0.4 is 0 Å². The quantitative estimate of drug-likeness (QED) is 0.796. The molecule has 1 aromatic carbocycles. The van der Waals surface area contributed by atoms with E-state index in [1.807, 2.05) is 13.0 Å². The zero-order chi connectivity index (χ0) is 20.4. The number of nitrogens with one attached hydrogen (secondary N) is 1. The van der Waals surface area contributed by atoms with E-state index in [-0.39, 0.29) is 17.7 Å². The molecule has 0 saturated carbocycles. The Labute approximate surface area is 169 Å². The molecule has 0 spiro atoms. The highest BCUT2D eigenvalue weighted by Gasteiger charge is 2.34. The SMILES string of the molecule is Cc1cc(C[C@@H]2CN(C(=O)c3ccc(C(=O)N4CCOCC4)cc3)C[C@H]2O)n[nH]1. The van der Waals surface area contributed by atoms with Crippen LogP contribution in [0.5, 0.6) is 0 Å². The molecule has 1 aromatic heterocycles. The van der Waals surface area contributed by atoms with Crippen molar-refractivity contribution in [2.75, 3.05) is 39.4 Å². The standard InChI is InChI=1S/C21H26N4O4/c1-14-10-18(23-22-14)11-17-12-25(13-19(17)26)21(28)16-4-2-15(3-5-16)20(27)24-6-8-29-9-7-24/h2-5,10,17,19,26H,6-9,11-13H2,1H3,(H,22,23)/t17-,19-/m1/s1. The van der Waals surface area contributed by atoms with Gasteiger partial charge in [0.1, 0.15) is 0 Å². The van der Waals surface area contributed by atoms with E-state index >= 15 is 0 Å². The summed E-state index contributed by atoms with van der Waals surface area (Å²) in [5.74, 6) is -0.211. The lowest BCUT2D eigenvalue weighted by Crippen LogP contribution is -2.40. The van der Waals surface area contributed by atoms with Crippen molar-refractivity contribution in [2.24, 2.45) is 5.92 Å². The highest BCUT2D eigenvalue weighted by molar-refractivity contribution is 5.98. The number of hydrogen-bond donors (Lipinski definition) is 2. The fourth-order valence-electron chi connectivity index (χ4n) is 3.96. The summed E-state index contributed by atoms with van der Waals surface area (Å²) in [6.07, 6.45) is 0.0561. The van der Waals surface area contributed by atoms with Crippen molar-refractivity contribution in [3.63, 3.8) is 0 Å². The van der Waals surface area contributed by atoms with Crippen LogP contribution in [-0.4, -0.2) is 82.4 Å². The summed E-state index contributed by atoms with van der Waals surface area (Å²) in [5.41, 5.74) is 2.96. The number of rotatable bonds is 4. The largest absolute Gasteiger partial charge is 0.391 e.